The second-order valence-corrected chi connectivity index (χ2v) is 9.35. The van der Waals surface area contributed by atoms with Crippen LogP contribution >= 0.6 is 0 Å². The summed E-state index contributed by atoms with van der Waals surface area (Å²) in [7, 11) is -3.83. The average molecular weight is 464 g/mol. The minimum Gasteiger partial charge on any atom is -0.321 e. The molecular formula is C25H22FN3O3S. The van der Waals surface area contributed by atoms with E-state index in [4.69, 9.17) is 0 Å². The van der Waals surface area contributed by atoms with Crippen molar-refractivity contribution in [1.82, 2.24) is 9.71 Å². The number of nitrogens with one attached hydrogen (secondary N) is 2. The van der Waals surface area contributed by atoms with E-state index >= 15 is 0 Å². The number of benzene rings is 3. The van der Waals surface area contributed by atoms with Gasteiger partial charge in [-0.2, -0.15) is 0 Å². The fourth-order valence-electron chi connectivity index (χ4n) is 3.48. The van der Waals surface area contributed by atoms with Crippen LogP contribution < -0.4 is 10.0 Å². The van der Waals surface area contributed by atoms with Crippen LogP contribution in [0.2, 0.25) is 0 Å². The zero-order valence-electron chi connectivity index (χ0n) is 17.9. The summed E-state index contributed by atoms with van der Waals surface area (Å²) in [4.78, 5) is 17.3. The van der Waals surface area contributed by atoms with Crippen LogP contribution in [0.1, 0.15) is 21.5 Å². The van der Waals surface area contributed by atoms with Crippen LogP contribution in [-0.4, -0.2) is 25.9 Å². The Morgan fingerprint density at radius 3 is 2.58 bits per heavy atom. The van der Waals surface area contributed by atoms with Crippen LogP contribution in [0.5, 0.6) is 0 Å². The first kappa shape index (κ1) is 22.6. The molecule has 33 heavy (non-hydrogen) atoms. The van der Waals surface area contributed by atoms with E-state index in [-0.39, 0.29) is 22.8 Å². The molecule has 2 N–H and O–H groups in total. The van der Waals surface area contributed by atoms with Crippen LogP contribution in [0.15, 0.2) is 83.9 Å². The molecule has 4 rings (SSSR count). The summed E-state index contributed by atoms with van der Waals surface area (Å²) in [6.45, 7) is 1.89. The van der Waals surface area contributed by atoms with Gasteiger partial charge in [-0.3, -0.25) is 9.78 Å². The van der Waals surface area contributed by atoms with Gasteiger partial charge in [0.2, 0.25) is 10.0 Å². The predicted molar refractivity (Wildman–Crippen MR) is 126 cm³/mol. The number of fused-ring (bicyclic) bond motifs is 1. The molecule has 0 aliphatic rings. The summed E-state index contributed by atoms with van der Waals surface area (Å²) in [5.74, 6) is -0.753. The SMILES string of the molecule is Cc1ccc(S(=O)(=O)NCCc2ccc(F)cc2)cc1C(=O)Nc1cccc2ncccc12. The third-order valence-corrected chi connectivity index (χ3v) is 6.74. The lowest BCUT2D eigenvalue weighted by Gasteiger charge is -2.12. The summed E-state index contributed by atoms with van der Waals surface area (Å²) >= 11 is 0. The second kappa shape index (κ2) is 9.48. The molecule has 0 aliphatic heterocycles. The van der Waals surface area contributed by atoms with Crippen molar-refractivity contribution in [2.24, 2.45) is 0 Å². The molecule has 1 aromatic heterocycles. The summed E-state index contributed by atoms with van der Waals surface area (Å²) in [5, 5.41) is 3.65. The predicted octanol–water partition coefficient (Wildman–Crippen LogP) is 4.46. The molecule has 168 valence electrons. The van der Waals surface area contributed by atoms with E-state index in [9.17, 15) is 17.6 Å². The number of nitrogens with zero attached hydrogens (tertiary/aromatic N) is 1. The Kier molecular flexibility index (Phi) is 6.48. The Bertz CT molecular complexity index is 1420. The molecule has 1 heterocycles. The molecule has 6 nitrogen and oxygen atoms in total. The lowest BCUT2D eigenvalue weighted by Crippen LogP contribution is -2.26. The van der Waals surface area contributed by atoms with E-state index in [0.29, 0.717) is 17.7 Å². The number of sulfonamides is 1. The number of halogens is 1. The quantitative estimate of drug-likeness (QED) is 0.424. The molecule has 0 saturated heterocycles. The van der Waals surface area contributed by atoms with Crippen molar-refractivity contribution in [2.75, 3.05) is 11.9 Å². The highest BCUT2D eigenvalue weighted by Gasteiger charge is 2.18. The van der Waals surface area contributed by atoms with Crippen molar-refractivity contribution >= 4 is 32.5 Å². The summed E-state index contributed by atoms with van der Waals surface area (Å²) < 4.78 is 41.1. The molecule has 0 fully saturated rings. The van der Waals surface area contributed by atoms with Gasteiger partial charge in [-0.1, -0.05) is 24.3 Å². The van der Waals surface area contributed by atoms with Gasteiger partial charge in [-0.05, 0) is 73.0 Å². The monoisotopic (exact) mass is 463 g/mol. The van der Waals surface area contributed by atoms with Crippen molar-refractivity contribution in [3.63, 3.8) is 0 Å². The highest BCUT2D eigenvalue weighted by Crippen LogP contribution is 2.23. The van der Waals surface area contributed by atoms with E-state index in [1.165, 1.54) is 24.3 Å². The highest BCUT2D eigenvalue weighted by atomic mass is 32.2. The number of hydrogen-bond acceptors (Lipinski definition) is 4. The Labute approximate surface area is 191 Å². The number of rotatable bonds is 7. The van der Waals surface area contributed by atoms with Crippen molar-refractivity contribution in [1.29, 1.82) is 0 Å². The van der Waals surface area contributed by atoms with Crippen molar-refractivity contribution in [2.45, 2.75) is 18.2 Å². The largest absolute Gasteiger partial charge is 0.321 e. The van der Waals surface area contributed by atoms with Gasteiger partial charge in [-0.15, -0.1) is 0 Å². The maximum Gasteiger partial charge on any atom is 0.255 e. The van der Waals surface area contributed by atoms with Crippen LogP contribution in [0, 0.1) is 12.7 Å². The van der Waals surface area contributed by atoms with E-state index in [0.717, 1.165) is 16.5 Å². The Morgan fingerprint density at radius 1 is 1.00 bits per heavy atom. The molecular weight excluding hydrogens is 441 g/mol. The first-order valence-electron chi connectivity index (χ1n) is 10.3. The average Bonchev–Trinajstić information content (AvgIpc) is 2.80. The molecule has 0 atom stereocenters. The van der Waals surface area contributed by atoms with Gasteiger partial charge in [0.05, 0.1) is 16.1 Å². The molecule has 1 amide bonds. The summed E-state index contributed by atoms with van der Waals surface area (Å²) in [5.41, 5.74) is 3.06. The van der Waals surface area contributed by atoms with Gasteiger partial charge in [0, 0.05) is 23.7 Å². The smallest absolute Gasteiger partial charge is 0.255 e. The topological polar surface area (TPSA) is 88.2 Å². The van der Waals surface area contributed by atoms with Gasteiger partial charge < -0.3 is 5.32 Å². The van der Waals surface area contributed by atoms with Gasteiger partial charge >= 0.3 is 0 Å². The van der Waals surface area contributed by atoms with Crippen LogP contribution in [-0.2, 0) is 16.4 Å². The summed E-state index contributed by atoms with van der Waals surface area (Å²) in [6, 6.07) is 19.4. The second-order valence-electron chi connectivity index (χ2n) is 7.58. The van der Waals surface area contributed by atoms with Crippen LogP contribution in [0.4, 0.5) is 10.1 Å². The third kappa shape index (κ3) is 5.24. The maximum absolute atomic E-state index is 13.0. The Morgan fingerprint density at radius 2 is 1.79 bits per heavy atom. The van der Waals surface area contributed by atoms with Gasteiger partial charge in [0.1, 0.15) is 5.82 Å². The third-order valence-electron chi connectivity index (χ3n) is 5.28. The Balaban J connectivity index is 1.51. The minimum atomic E-state index is -3.83. The first-order valence-corrected chi connectivity index (χ1v) is 11.8. The van der Waals surface area contributed by atoms with E-state index < -0.39 is 15.9 Å². The lowest BCUT2D eigenvalue weighted by atomic mass is 10.1. The Hall–Kier alpha value is -3.62. The number of hydrogen-bond donors (Lipinski definition) is 2. The number of carbonyl (C=O) groups excluding carboxylic acids is 1. The van der Waals surface area contributed by atoms with E-state index in [2.05, 4.69) is 15.0 Å². The fraction of sp³-hybridized carbons (Fsp3) is 0.120. The van der Waals surface area contributed by atoms with E-state index in [1.54, 1.807) is 49.5 Å². The number of pyridine rings is 1. The van der Waals surface area contributed by atoms with Crippen LogP contribution in [0.3, 0.4) is 0 Å². The molecule has 8 heteroatoms. The van der Waals surface area contributed by atoms with Gasteiger partial charge in [0.15, 0.2) is 0 Å². The summed E-state index contributed by atoms with van der Waals surface area (Å²) in [6.07, 6.45) is 2.09. The van der Waals surface area contributed by atoms with Crippen molar-refractivity contribution in [3.05, 3.63) is 102 Å². The molecule has 0 bridgehead atoms. The maximum atomic E-state index is 13.0. The van der Waals surface area contributed by atoms with Gasteiger partial charge in [0.25, 0.3) is 5.91 Å². The zero-order chi connectivity index (χ0) is 23.4. The number of amides is 1. The first-order chi connectivity index (χ1) is 15.8. The highest BCUT2D eigenvalue weighted by molar-refractivity contribution is 7.89. The number of anilines is 1. The van der Waals surface area contributed by atoms with Crippen molar-refractivity contribution in [3.8, 4) is 0 Å². The van der Waals surface area contributed by atoms with E-state index in [1.807, 2.05) is 12.1 Å². The number of aryl methyl sites for hydroxylation is 1. The molecule has 4 aromatic rings. The molecule has 0 spiro atoms. The fourth-order valence-corrected chi connectivity index (χ4v) is 4.54. The van der Waals surface area contributed by atoms with Gasteiger partial charge in [-0.25, -0.2) is 17.5 Å². The number of carbonyl (C=O) groups is 1. The minimum absolute atomic E-state index is 0.00283. The molecule has 3 aromatic carbocycles. The molecule has 0 saturated carbocycles. The molecule has 0 radical (unpaired) electrons. The normalized spacial score (nSPS) is 11.5. The lowest BCUT2D eigenvalue weighted by molar-refractivity contribution is 0.102. The van der Waals surface area contributed by atoms with Crippen LogP contribution in [0.25, 0.3) is 10.9 Å². The number of aromatic nitrogens is 1. The zero-order valence-corrected chi connectivity index (χ0v) is 18.7. The molecule has 0 aliphatic carbocycles. The standard InChI is InChI=1S/C25H22FN3O3S/c1-17-7-12-20(33(31,32)28-15-13-18-8-10-19(26)11-9-18)16-22(17)25(30)29-24-6-2-5-23-21(24)4-3-14-27-23/h2-12,14,16,28H,13,15H2,1H3,(H,29,30). The molecule has 0 unspecified atom stereocenters. The van der Waals surface area contributed by atoms with Crippen molar-refractivity contribution < 1.29 is 17.6 Å².